The summed E-state index contributed by atoms with van der Waals surface area (Å²) in [6.45, 7) is 12.5. The molecular weight excluding hydrogens is 386 g/mol. The Hall–Kier alpha value is -1.02. The minimum absolute atomic E-state index is 0.383. The highest BCUT2D eigenvalue weighted by molar-refractivity contribution is 7.84. The number of ether oxygens (including phenoxy) is 1. The van der Waals surface area contributed by atoms with Gasteiger partial charge in [0.2, 0.25) is 0 Å². The molecule has 1 aromatic carbocycles. The van der Waals surface area contributed by atoms with Crippen LogP contribution in [0, 0.1) is 5.92 Å². The van der Waals surface area contributed by atoms with E-state index in [1.165, 1.54) is 24.4 Å². The van der Waals surface area contributed by atoms with Crippen LogP contribution in [0.5, 0.6) is 0 Å². The topological polar surface area (TPSA) is 70.1 Å². The lowest BCUT2D eigenvalue weighted by Gasteiger charge is -2.27. The summed E-state index contributed by atoms with van der Waals surface area (Å²) in [5, 5.41) is 5.74. The Balaban J connectivity index is 1.72. The molecule has 0 bridgehead atoms. The molecule has 0 spiro atoms. The molecule has 0 aliphatic heterocycles. The van der Waals surface area contributed by atoms with E-state index in [2.05, 4.69) is 47.4 Å². The molecule has 0 radical (unpaired) electrons. The van der Waals surface area contributed by atoms with Crippen molar-refractivity contribution in [2.75, 3.05) is 6.61 Å². The number of benzene rings is 1. The average Bonchev–Trinajstić information content (AvgIpc) is 3.36. The van der Waals surface area contributed by atoms with Crippen LogP contribution >= 0.6 is 0 Å². The van der Waals surface area contributed by atoms with Gasteiger partial charge in [0.05, 0.1) is 33.1 Å². The Morgan fingerprint density at radius 3 is 2.68 bits per heavy atom. The fourth-order valence-electron chi connectivity index (χ4n) is 3.62. The van der Waals surface area contributed by atoms with Gasteiger partial charge in [-0.2, -0.15) is 0 Å². The number of hydrogen-bond acceptors (Lipinski definition) is 3. The molecule has 28 heavy (non-hydrogen) atoms. The summed E-state index contributed by atoms with van der Waals surface area (Å²) in [5.74, 6) is 1.07. The van der Waals surface area contributed by atoms with Crippen LogP contribution in [-0.2, 0) is 22.5 Å². The van der Waals surface area contributed by atoms with Gasteiger partial charge in [-0.05, 0) is 68.7 Å². The van der Waals surface area contributed by atoms with Gasteiger partial charge in [0.1, 0.15) is 6.73 Å². The molecule has 0 amide bonds. The molecule has 3 rings (SSSR count). The summed E-state index contributed by atoms with van der Waals surface area (Å²) in [6, 6.07) is 7.74. The highest BCUT2D eigenvalue weighted by Gasteiger charge is 2.38. The minimum atomic E-state index is -1.33. The molecule has 1 aliphatic carbocycles. The van der Waals surface area contributed by atoms with E-state index in [9.17, 15) is 4.21 Å². The average molecular weight is 422 g/mol. The van der Waals surface area contributed by atoms with Crippen molar-refractivity contribution in [2.45, 2.75) is 76.2 Å². The zero-order valence-electron chi connectivity index (χ0n) is 17.9. The normalized spacial score (nSPS) is 17.8. The Labute approximate surface area is 172 Å². The first-order valence-electron chi connectivity index (χ1n) is 10.3. The highest BCUT2D eigenvalue weighted by Crippen LogP contribution is 2.47. The molecule has 0 saturated heterocycles. The summed E-state index contributed by atoms with van der Waals surface area (Å²) in [5.41, 5.74) is 3.40. The van der Waals surface area contributed by atoms with Crippen LogP contribution in [0.4, 0.5) is 0 Å². The van der Waals surface area contributed by atoms with E-state index in [0.717, 1.165) is 24.1 Å². The smallest absolute Gasteiger partial charge is 0.124 e. The van der Waals surface area contributed by atoms with E-state index in [0.29, 0.717) is 18.6 Å². The molecule has 1 aromatic heterocycles. The van der Waals surface area contributed by atoms with Gasteiger partial charge in [0.15, 0.2) is 0 Å². The number of nitrogens with zero attached hydrogens (tertiary/aromatic N) is 2. The van der Waals surface area contributed by atoms with Crippen LogP contribution in [-0.4, -0.2) is 33.2 Å². The number of hydrogen-bond donors (Lipinski definition) is 1. The monoisotopic (exact) mass is 421 g/mol. The Kier molecular flexibility index (Phi) is 6.49. The van der Waals surface area contributed by atoms with Crippen LogP contribution in [0.1, 0.15) is 44.6 Å². The lowest BCUT2D eigenvalue weighted by molar-refractivity contribution is 0.0898. The third kappa shape index (κ3) is 5.53. The first-order valence-corrected chi connectivity index (χ1v) is 15.2. The number of fused-ring (bicyclic) bond motifs is 1. The van der Waals surface area contributed by atoms with Gasteiger partial charge in [-0.3, -0.25) is 5.14 Å². The van der Waals surface area contributed by atoms with Crippen LogP contribution in [0.15, 0.2) is 24.5 Å². The molecule has 1 unspecified atom stereocenters. The van der Waals surface area contributed by atoms with Crippen LogP contribution < -0.4 is 5.14 Å². The van der Waals surface area contributed by atoms with Crippen molar-refractivity contribution in [1.29, 1.82) is 0 Å². The lowest BCUT2D eigenvalue weighted by Crippen LogP contribution is -2.34. The fraction of sp³-hybridized carbons (Fsp3) is 0.667. The van der Waals surface area contributed by atoms with Crippen molar-refractivity contribution in [3.63, 3.8) is 0 Å². The number of imidazole rings is 1. The fourth-order valence-corrected chi connectivity index (χ4v) is 4.72. The third-order valence-corrected chi connectivity index (χ3v) is 8.71. The first kappa shape index (κ1) is 21.7. The molecule has 1 heterocycles. The summed E-state index contributed by atoms with van der Waals surface area (Å²) in [7, 11) is -2.39. The summed E-state index contributed by atoms with van der Waals surface area (Å²) in [6.07, 6.45) is 5.20. The second kappa shape index (κ2) is 8.38. The summed E-state index contributed by atoms with van der Waals surface area (Å²) < 4.78 is 19.5. The highest BCUT2D eigenvalue weighted by atomic mass is 32.2. The second-order valence-electron chi connectivity index (χ2n) is 10.0. The third-order valence-electron chi connectivity index (χ3n) is 5.75. The zero-order valence-corrected chi connectivity index (χ0v) is 19.7. The van der Waals surface area contributed by atoms with Gasteiger partial charge >= 0.3 is 0 Å². The van der Waals surface area contributed by atoms with Gasteiger partial charge in [0, 0.05) is 14.7 Å². The van der Waals surface area contributed by atoms with E-state index in [1.807, 2.05) is 20.2 Å². The second-order valence-corrected chi connectivity index (χ2v) is 17.3. The molecule has 2 aromatic rings. The molecule has 2 atom stereocenters. The quantitative estimate of drug-likeness (QED) is 0.449. The zero-order chi connectivity index (χ0) is 20.5. The maximum absolute atomic E-state index is 11.9. The Morgan fingerprint density at radius 2 is 2.07 bits per heavy atom. The van der Waals surface area contributed by atoms with E-state index in [4.69, 9.17) is 9.88 Å². The summed E-state index contributed by atoms with van der Waals surface area (Å²) >= 11 is 0. The maximum atomic E-state index is 11.9. The molecular formula is C21H35N3O2SSi. The SMILES string of the molecule is CC(C)(C[C@@H](c1ccc2c(c1)ncn2COCC[Si](C)(C)C)C1CC1)S(N)=O. The lowest BCUT2D eigenvalue weighted by atomic mass is 9.86. The molecule has 1 saturated carbocycles. The Morgan fingerprint density at radius 1 is 1.36 bits per heavy atom. The predicted molar refractivity (Wildman–Crippen MR) is 120 cm³/mol. The van der Waals surface area contributed by atoms with Gasteiger partial charge in [-0.25, -0.2) is 9.19 Å². The van der Waals surface area contributed by atoms with Gasteiger partial charge < -0.3 is 9.30 Å². The largest absolute Gasteiger partial charge is 0.361 e. The predicted octanol–water partition coefficient (Wildman–Crippen LogP) is 4.63. The van der Waals surface area contributed by atoms with E-state index in [-0.39, 0.29) is 4.75 Å². The van der Waals surface area contributed by atoms with Gasteiger partial charge in [0.25, 0.3) is 0 Å². The van der Waals surface area contributed by atoms with Crippen LogP contribution in [0.25, 0.3) is 11.0 Å². The number of nitrogens with two attached hydrogens (primary N) is 1. The van der Waals surface area contributed by atoms with E-state index in [1.54, 1.807) is 0 Å². The molecule has 1 aliphatic rings. The van der Waals surface area contributed by atoms with Crippen molar-refractivity contribution in [3.05, 3.63) is 30.1 Å². The van der Waals surface area contributed by atoms with Gasteiger partial charge in [-0.15, -0.1) is 0 Å². The first-order chi connectivity index (χ1) is 13.1. The van der Waals surface area contributed by atoms with Crippen LogP contribution in [0.2, 0.25) is 25.7 Å². The minimum Gasteiger partial charge on any atom is -0.361 e. The van der Waals surface area contributed by atoms with E-state index >= 15 is 0 Å². The van der Waals surface area contributed by atoms with Crippen molar-refractivity contribution < 1.29 is 8.95 Å². The van der Waals surface area contributed by atoms with Crippen LogP contribution in [0.3, 0.4) is 0 Å². The Bertz CT molecular complexity index is 840. The van der Waals surface area contributed by atoms with Crippen molar-refractivity contribution >= 4 is 30.1 Å². The maximum Gasteiger partial charge on any atom is 0.124 e. The molecule has 5 nitrogen and oxygen atoms in total. The van der Waals surface area contributed by atoms with Gasteiger partial charge in [-0.1, -0.05) is 25.7 Å². The number of rotatable bonds is 10. The summed E-state index contributed by atoms with van der Waals surface area (Å²) in [4.78, 5) is 4.61. The standard InChI is InChI=1S/C21H35N3O2SSi/c1-21(2,27(22)25)13-18(16-6-7-16)17-8-9-20-19(12-17)23-14-24(20)15-26-10-11-28(3,4)5/h8-9,12,14,16,18H,6-7,10-11,13,15,22H2,1-5H3/t18-,27?/m1/s1. The van der Waals surface area contributed by atoms with E-state index < -0.39 is 19.1 Å². The molecule has 2 N–H and O–H groups in total. The molecule has 156 valence electrons. The molecule has 7 heteroatoms. The molecule has 1 fully saturated rings. The number of aromatic nitrogens is 2. The van der Waals surface area contributed by atoms with Crippen molar-refractivity contribution in [2.24, 2.45) is 11.1 Å². The van der Waals surface area contributed by atoms with Crippen molar-refractivity contribution in [1.82, 2.24) is 9.55 Å². The van der Waals surface area contributed by atoms with Crippen molar-refractivity contribution in [3.8, 4) is 0 Å².